The maximum Gasteiger partial charge on any atom is 0.170 e. The van der Waals surface area contributed by atoms with Crippen LogP contribution >= 0.6 is 0 Å². The van der Waals surface area contributed by atoms with Gasteiger partial charge >= 0.3 is 0 Å². The second-order valence-corrected chi connectivity index (χ2v) is 6.40. The third-order valence-electron chi connectivity index (χ3n) is 4.88. The monoisotopic (exact) mass is 270 g/mol. The number of hydrogen-bond acceptors (Lipinski definition) is 2. The molecule has 20 heavy (non-hydrogen) atoms. The lowest BCUT2D eigenvalue weighted by Crippen LogP contribution is -2.21. The minimum absolute atomic E-state index is 0.0267. The highest BCUT2D eigenvalue weighted by Gasteiger charge is 2.44. The molecule has 2 aliphatic rings. The van der Waals surface area contributed by atoms with Gasteiger partial charge in [-0.2, -0.15) is 0 Å². The minimum Gasteiger partial charge on any atom is -0.511 e. The number of carbonyl (C=O) groups is 1. The van der Waals surface area contributed by atoms with Crippen molar-refractivity contribution in [1.82, 2.24) is 0 Å². The van der Waals surface area contributed by atoms with E-state index in [4.69, 9.17) is 0 Å². The number of rotatable bonds is 1. The Balaban J connectivity index is 2.14. The molecule has 0 bridgehead atoms. The Bertz CT molecular complexity index is 587. The molecule has 0 amide bonds. The Morgan fingerprint density at radius 2 is 1.55 bits per heavy atom. The van der Waals surface area contributed by atoms with Gasteiger partial charge in [-0.3, -0.25) is 4.79 Å². The average molecular weight is 270 g/mol. The van der Waals surface area contributed by atoms with E-state index in [2.05, 4.69) is 19.1 Å². The van der Waals surface area contributed by atoms with E-state index in [1.165, 1.54) is 5.56 Å². The van der Waals surface area contributed by atoms with Crippen LogP contribution in [0.5, 0.6) is 0 Å². The summed E-state index contributed by atoms with van der Waals surface area (Å²) in [5.41, 5.74) is 4.96. The van der Waals surface area contributed by atoms with Crippen molar-refractivity contribution in [3.63, 3.8) is 0 Å². The number of aryl methyl sites for hydroxylation is 3. The van der Waals surface area contributed by atoms with Crippen molar-refractivity contribution in [2.45, 2.75) is 46.5 Å². The molecule has 1 fully saturated rings. The fraction of sp³-hybridized carbons (Fsp3) is 0.500. The molecule has 2 heteroatoms. The smallest absolute Gasteiger partial charge is 0.170 e. The van der Waals surface area contributed by atoms with Gasteiger partial charge in [0.2, 0.25) is 0 Å². The third kappa shape index (κ3) is 1.90. The zero-order valence-electron chi connectivity index (χ0n) is 12.5. The topological polar surface area (TPSA) is 37.3 Å². The molecule has 2 atom stereocenters. The second kappa shape index (κ2) is 4.76. The third-order valence-corrected chi connectivity index (χ3v) is 4.88. The number of Topliss-reactive ketones (excluding diaryl/α,β-unsaturated/α-hetero) is 1. The first kappa shape index (κ1) is 13.4. The number of ketones is 1. The molecule has 0 spiro atoms. The molecule has 1 saturated carbocycles. The molecule has 1 aromatic carbocycles. The standard InChI is InChI=1S/C18H22O2/c1-10-8-11(2)15(12(3)9-10)16-17(19)13-6-4-5-7-14(13)18(16)20/h8-9,13-14,19H,4-7H2,1-3H3/t13-,14-/m0/s1. The van der Waals surface area contributed by atoms with E-state index in [0.717, 1.165) is 42.4 Å². The molecule has 0 unspecified atom stereocenters. The van der Waals surface area contributed by atoms with E-state index in [-0.39, 0.29) is 17.6 Å². The molecular weight excluding hydrogens is 248 g/mol. The minimum atomic E-state index is 0.0267. The van der Waals surface area contributed by atoms with E-state index in [1.54, 1.807) is 0 Å². The number of allylic oxidation sites excluding steroid dienone is 2. The summed E-state index contributed by atoms with van der Waals surface area (Å²) in [7, 11) is 0. The molecule has 2 nitrogen and oxygen atoms in total. The van der Waals surface area contributed by atoms with Gasteiger partial charge in [-0.05, 0) is 50.3 Å². The van der Waals surface area contributed by atoms with Crippen LogP contribution < -0.4 is 0 Å². The van der Waals surface area contributed by atoms with E-state index >= 15 is 0 Å². The average Bonchev–Trinajstić information content (AvgIpc) is 2.64. The summed E-state index contributed by atoms with van der Waals surface area (Å²) in [6.45, 7) is 6.13. The Kier molecular flexibility index (Phi) is 3.19. The van der Waals surface area contributed by atoms with Gasteiger partial charge in [-0.25, -0.2) is 0 Å². The molecular formula is C18H22O2. The van der Waals surface area contributed by atoms with Gasteiger partial charge in [0.05, 0.1) is 5.57 Å². The first-order chi connectivity index (χ1) is 9.50. The molecule has 0 aliphatic heterocycles. The van der Waals surface area contributed by atoms with Crippen LogP contribution in [0.2, 0.25) is 0 Å². The van der Waals surface area contributed by atoms with E-state index in [1.807, 2.05) is 13.8 Å². The molecule has 0 aromatic heterocycles. The lowest BCUT2D eigenvalue weighted by Gasteiger charge is -2.23. The first-order valence-corrected chi connectivity index (χ1v) is 7.56. The summed E-state index contributed by atoms with van der Waals surface area (Å²) in [4.78, 5) is 12.7. The number of benzene rings is 1. The highest BCUT2D eigenvalue weighted by molar-refractivity contribution is 6.25. The van der Waals surface area contributed by atoms with Crippen LogP contribution in [0.25, 0.3) is 5.57 Å². The Hall–Kier alpha value is -1.57. The molecule has 1 aromatic rings. The Labute approximate surface area is 120 Å². The number of carbonyl (C=O) groups excluding carboxylic acids is 1. The molecule has 0 radical (unpaired) electrons. The summed E-state index contributed by atoms with van der Waals surface area (Å²) in [6.07, 6.45) is 4.12. The van der Waals surface area contributed by atoms with Crippen molar-refractivity contribution in [2.75, 3.05) is 0 Å². The van der Waals surface area contributed by atoms with Crippen LogP contribution in [0.3, 0.4) is 0 Å². The van der Waals surface area contributed by atoms with Crippen molar-refractivity contribution in [3.8, 4) is 0 Å². The number of aliphatic hydroxyl groups excluding tert-OH is 1. The molecule has 0 heterocycles. The molecule has 3 rings (SSSR count). The maximum absolute atomic E-state index is 12.7. The summed E-state index contributed by atoms with van der Waals surface area (Å²) in [5, 5.41) is 10.6. The fourth-order valence-electron chi connectivity index (χ4n) is 4.09. The summed E-state index contributed by atoms with van der Waals surface area (Å²) < 4.78 is 0. The van der Waals surface area contributed by atoms with Gasteiger partial charge in [0.15, 0.2) is 5.78 Å². The Morgan fingerprint density at radius 1 is 1.00 bits per heavy atom. The van der Waals surface area contributed by atoms with Crippen LogP contribution in [0, 0.1) is 32.6 Å². The normalized spacial score (nSPS) is 26.1. The van der Waals surface area contributed by atoms with Gasteiger partial charge in [-0.1, -0.05) is 30.5 Å². The highest BCUT2D eigenvalue weighted by atomic mass is 16.3. The molecule has 2 aliphatic carbocycles. The number of fused-ring (bicyclic) bond motifs is 1. The van der Waals surface area contributed by atoms with Crippen LogP contribution in [0.15, 0.2) is 17.9 Å². The summed E-state index contributed by atoms with van der Waals surface area (Å²) in [6, 6.07) is 4.19. The zero-order chi connectivity index (χ0) is 14.4. The number of aliphatic hydroxyl groups is 1. The van der Waals surface area contributed by atoms with E-state index in [0.29, 0.717) is 11.3 Å². The lowest BCUT2D eigenvalue weighted by atomic mass is 9.80. The summed E-state index contributed by atoms with van der Waals surface area (Å²) >= 11 is 0. The lowest BCUT2D eigenvalue weighted by molar-refractivity contribution is -0.118. The largest absolute Gasteiger partial charge is 0.511 e. The second-order valence-electron chi connectivity index (χ2n) is 6.40. The van der Waals surface area contributed by atoms with Crippen molar-refractivity contribution < 1.29 is 9.90 Å². The SMILES string of the molecule is Cc1cc(C)c(C2=C(O)[C@H]3CCCC[C@@H]3C2=O)c(C)c1. The van der Waals surface area contributed by atoms with Gasteiger partial charge in [-0.15, -0.1) is 0 Å². The van der Waals surface area contributed by atoms with Gasteiger partial charge in [0, 0.05) is 11.8 Å². The van der Waals surface area contributed by atoms with Crippen LogP contribution in [0.4, 0.5) is 0 Å². The van der Waals surface area contributed by atoms with Crippen LogP contribution in [-0.4, -0.2) is 10.9 Å². The quantitative estimate of drug-likeness (QED) is 0.827. The van der Waals surface area contributed by atoms with E-state index in [9.17, 15) is 9.90 Å². The summed E-state index contributed by atoms with van der Waals surface area (Å²) in [5.74, 6) is 0.627. The highest BCUT2D eigenvalue weighted by Crippen LogP contribution is 2.46. The van der Waals surface area contributed by atoms with Crippen molar-refractivity contribution in [2.24, 2.45) is 11.8 Å². The van der Waals surface area contributed by atoms with Gasteiger partial charge in [0.25, 0.3) is 0 Å². The zero-order valence-corrected chi connectivity index (χ0v) is 12.5. The maximum atomic E-state index is 12.7. The predicted octanol–water partition coefficient (Wildman–Crippen LogP) is 4.27. The van der Waals surface area contributed by atoms with Crippen molar-refractivity contribution in [3.05, 3.63) is 40.1 Å². The molecule has 0 saturated heterocycles. The van der Waals surface area contributed by atoms with Gasteiger partial charge < -0.3 is 5.11 Å². The van der Waals surface area contributed by atoms with Crippen molar-refractivity contribution in [1.29, 1.82) is 0 Å². The van der Waals surface area contributed by atoms with E-state index < -0.39 is 0 Å². The van der Waals surface area contributed by atoms with Crippen LogP contribution in [0.1, 0.15) is 47.9 Å². The number of hydrogen-bond donors (Lipinski definition) is 1. The Morgan fingerprint density at radius 3 is 2.10 bits per heavy atom. The fourth-order valence-corrected chi connectivity index (χ4v) is 4.09. The molecule has 1 N–H and O–H groups in total. The van der Waals surface area contributed by atoms with Gasteiger partial charge in [0.1, 0.15) is 5.76 Å². The van der Waals surface area contributed by atoms with Crippen LogP contribution in [-0.2, 0) is 4.79 Å². The first-order valence-electron chi connectivity index (χ1n) is 7.56. The van der Waals surface area contributed by atoms with Crippen molar-refractivity contribution >= 4 is 11.4 Å². The predicted molar refractivity (Wildman–Crippen MR) is 80.7 cm³/mol. The molecule has 106 valence electrons.